The van der Waals surface area contributed by atoms with Crippen molar-refractivity contribution < 1.29 is 9.53 Å². The Hall–Kier alpha value is -2.00. The normalized spacial score (nSPS) is 18.9. The second kappa shape index (κ2) is 11.0. The summed E-state index contributed by atoms with van der Waals surface area (Å²) < 4.78 is 6.56. The largest absolute Gasteiger partial charge is 0.488 e. The fourth-order valence-electron chi connectivity index (χ4n) is 3.61. The van der Waals surface area contributed by atoms with Gasteiger partial charge in [-0.25, -0.2) is 0 Å². The summed E-state index contributed by atoms with van der Waals surface area (Å²) in [5, 5.41) is 13.6. The molecule has 162 valence electrons. The summed E-state index contributed by atoms with van der Waals surface area (Å²) in [6.07, 6.45) is 5.96. The van der Waals surface area contributed by atoms with Crippen LogP contribution in [0.2, 0.25) is 10.0 Å². The number of nitriles is 1. The first-order valence-corrected chi connectivity index (χ1v) is 11.7. The lowest BCUT2D eigenvalue weighted by Gasteiger charge is -2.29. The molecule has 1 aliphatic carbocycles. The molecule has 0 spiro atoms. The van der Waals surface area contributed by atoms with Gasteiger partial charge in [0, 0.05) is 21.7 Å². The number of benzene rings is 2. The molecule has 3 rings (SSSR count). The van der Waals surface area contributed by atoms with Crippen molar-refractivity contribution in [3.8, 4) is 11.8 Å². The predicted molar refractivity (Wildman–Crippen MR) is 128 cm³/mol. The number of hydrogen-bond acceptors (Lipinski definition) is 3. The smallest absolute Gasteiger partial charge is 0.262 e. The van der Waals surface area contributed by atoms with Crippen molar-refractivity contribution in [1.82, 2.24) is 5.32 Å². The van der Waals surface area contributed by atoms with E-state index in [9.17, 15) is 10.1 Å². The van der Waals surface area contributed by atoms with Gasteiger partial charge in [0.1, 0.15) is 24.0 Å². The molecule has 2 aromatic carbocycles. The quantitative estimate of drug-likeness (QED) is 0.331. The number of nitrogens with zero attached hydrogens (tertiary/aromatic N) is 1. The average Bonchev–Trinajstić information content (AvgIpc) is 2.74. The molecular weight excluding hydrogens is 499 g/mol. The van der Waals surface area contributed by atoms with Gasteiger partial charge in [-0.15, -0.1) is 0 Å². The predicted octanol–water partition coefficient (Wildman–Crippen LogP) is 6.94. The van der Waals surface area contributed by atoms with Crippen molar-refractivity contribution in [3.63, 3.8) is 0 Å². The molecule has 0 unspecified atom stereocenters. The highest BCUT2D eigenvalue weighted by atomic mass is 79.9. The maximum Gasteiger partial charge on any atom is 0.262 e. The zero-order valence-corrected chi connectivity index (χ0v) is 20.2. The second-order valence-corrected chi connectivity index (χ2v) is 9.42. The van der Waals surface area contributed by atoms with E-state index >= 15 is 0 Å². The van der Waals surface area contributed by atoms with Crippen LogP contribution in [-0.2, 0) is 11.4 Å². The van der Waals surface area contributed by atoms with Crippen molar-refractivity contribution in [3.05, 3.63) is 67.6 Å². The van der Waals surface area contributed by atoms with Crippen molar-refractivity contribution in [1.29, 1.82) is 5.26 Å². The molecule has 1 aliphatic rings. The van der Waals surface area contributed by atoms with Crippen LogP contribution in [0.4, 0.5) is 0 Å². The molecule has 4 nitrogen and oxygen atoms in total. The fourth-order valence-corrected chi connectivity index (χ4v) is 4.58. The highest BCUT2D eigenvalue weighted by Crippen LogP contribution is 2.29. The molecule has 0 aromatic heterocycles. The molecular formula is C24H23BrCl2N2O2. The molecule has 1 amide bonds. The lowest BCUT2D eigenvalue weighted by molar-refractivity contribution is -0.118. The lowest BCUT2D eigenvalue weighted by atomic mass is 9.86. The molecule has 0 heterocycles. The number of ether oxygens (including phenoxy) is 1. The Morgan fingerprint density at radius 3 is 2.71 bits per heavy atom. The summed E-state index contributed by atoms with van der Waals surface area (Å²) in [6.45, 7) is 2.43. The molecule has 0 bridgehead atoms. The van der Waals surface area contributed by atoms with Crippen molar-refractivity contribution >= 4 is 51.1 Å². The van der Waals surface area contributed by atoms with Gasteiger partial charge in [-0.1, -0.05) is 55.1 Å². The molecule has 1 fully saturated rings. The van der Waals surface area contributed by atoms with Gasteiger partial charge >= 0.3 is 0 Å². The third kappa shape index (κ3) is 6.49. The van der Waals surface area contributed by atoms with Crippen LogP contribution in [-0.4, -0.2) is 11.9 Å². The molecule has 1 N–H and O–H groups in total. The number of rotatable bonds is 6. The van der Waals surface area contributed by atoms with Gasteiger partial charge in [0.2, 0.25) is 0 Å². The topological polar surface area (TPSA) is 62.1 Å². The summed E-state index contributed by atoms with van der Waals surface area (Å²) in [5.41, 5.74) is 1.64. The van der Waals surface area contributed by atoms with E-state index in [1.54, 1.807) is 30.3 Å². The van der Waals surface area contributed by atoms with Crippen LogP contribution in [0.1, 0.15) is 43.7 Å². The van der Waals surface area contributed by atoms with E-state index in [1.165, 1.54) is 6.42 Å². The van der Waals surface area contributed by atoms with Gasteiger partial charge in [0.25, 0.3) is 5.91 Å². The Bertz CT molecular complexity index is 1030. The van der Waals surface area contributed by atoms with Crippen molar-refractivity contribution in [2.75, 3.05) is 0 Å². The zero-order chi connectivity index (χ0) is 22.4. The zero-order valence-electron chi connectivity index (χ0n) is 17.1. The van der Waals surface area contributed by atoms with E-state index in [0.717, 1.165) is 30.4 Å². The minimum absolute atomic E-state index is 0.0892. The summed E-state index contributed by atoms with van der Waals surface area (Å²) >= 11 is 15.6. The van der Waals surface area contributed by atoms with E-state index < -0.39 is 0 Å². The molecule has 31 heavy (non-hydrogen) atoms. The van der Waals surface area contributed by atoms with E-state index in [0.29, 0.717) is 26.2 Å². The van der Waals surface area contributed by atoms with Crippen LogP contribution in [0, 0.1) is 17.2 Å². The van der Waals surface area contributed by atoms with Crippen LogP contribution in [0.3, 0.4) is 0 Å². The number of amides is 1. The Balaban J connectivity index is 1.68. The van der Waals surface area contributed by atoms with Gasteiger partial charge in [-0.05, 0) is 70.6 Å². The SMILES string of the molecule is C[C@H]1CCCC[C@@H]1NC(=O)/C(C#N)=C/c1ccc(OCc2ccc(Cl)cc2Cl)c(Br)c1. The van der Waals surface area contributed by atoms with E-state index in [-0.39, 0.29) is 24.1 Å². The number of carbonyl (C=O) groups is 1. The molecule has 2 atom stereocenters. The highest BCUT2D eigenvalue weighted by Gasteiger charge is 2.24. The average molecular weight is 522 g/mol. The Morgan fingerprint density at radius 1 is 1.26 bits per heavy atom. The summed E-state index contributed by atoms with van der Waals surface area (Å²) in [6, 6.07) is 12.8. The lowest BCUT2D eigenvalue weighted by Crippen LogP contribution is -2.41. The van der Waals surface area contributed by atoms with E-state index in [1.807, 2.05) is 18.2 Å². The number of hydrogen-bond donors (Lipinski definition) is 1. The van der Waals surface area contributed by atoms with Crippen molar-refractivity contribution in [2.24, 2.45) is 5.92 Å². The molecule has 0 aliphatic heterocycles. The van der Waals surface area contributed by atoms with Gasteiger partial charge in [0.15, 0.2) is 0 Å². The number of halogens is 3. The molecule has 0 saturated heterocycles. The first kappa shape index (κ1) is 23.7. The van der Waals surface area contributed by atoms with Crippen LogP contribution in [0.25, 0.3) is 6.08 Å². The minimum Gasteiger partial charge on any atom is -0.488 e. The maximum atomic E-state index is 12.6. The summed E-state index contributed by atoms with van der Waals surface area (Å²) in [7, 11) is 0. The Morgan fingerprint density at radius 2 is 2.03 bits per heavy atom. The molecule has 1 saturated carbocycles. The van der Waals surface area contributed by atoms with E-state index in [4.69, 9.17) is 27.9 Å². The van der Waals surface area contributed by atoms with Gasteiger partial charge in [-0.3, -0.25) is 4.79 Å². The minimum atomic E-state index is -0.324. The second-order valence-electron chi connectivity index (χ2n) is 7.73. The molecule has 2 aromatic rings. The van der Waals surface area contributed by atoms with Gasteiger partial charge < -0.3 is 10.1 Å². The van der Waals surface area contributed by atoms with Crippen molar-refractivity contribution in [2.45, 2.75) is 45.3 Å². The monoisotopic (exact) mass is 520 g/mol. The van der Waals surface area contributed by atoms with Gasteiger partial charge in [0.05, 0.1) is 4.47 Å². The molecule has 0 radical (unpaired) electrons. The Labute approximate surface area is 201 Å². The van der Waals surface area contributed by atoms with Gasteiger partial charge in [-0.2, -0.15) is 5.26 Å². The maximum absolute atomic E-state index is 12.6. The van der Waals surface area contributed by atoms with Crippen LogP contribution < -0.4 is 10.1 Å². The standard InChI is InChI=1S/C24H23BrCl2N2O2/c1-15-4-2-3-5-22(15)29-24(30)18(13-28)10-16-6-9-23(20(25)11-16)31-14-17-7-8-19(26)12-21(17)27/h6-12,15,22H,2-5,14H2,1H3,(H,29,30)/b18-10+/t15-,22-/m0/s1. The Kier molecular flexibility index (Phi) is 8.43. The van der Waals surface area contributed by atoms with Crippen LogP contribution in [0.15, 0.2) is 46.4 Å². The third-order valence-electron chi connectivity index (χ3n) is 5.46. The summed E-state index contributed by atoms with van der Waals surface area (Å²) in [5.74, 6) is 0.731. The summed E-state index contributed by atoms with van der Waals surface area (Å²) in [4.78, 5) is 12.6. The number of nitrogens with one attached hydrogen (secondary N) is 1. The van der Waals surface area contributed by atoms with Crippen LogP contribution in [0.5, 0.6) is 5.75 Å². The fraction of sp³-hybridized carbons (Fsp3) is 0.333. The first-order chi connectivity index (χ1) is 14.9. The third-order valence-corrected chi connectivity index (χ3v) is 6.66. The first-order valence-electron chi connectivity index (χ1n) is 10.2. The number of carbonyl (C=O) groups excluding carboxylic acids is 1. The highest BCUT2D eigenvalue weighted by molar-refractivity contribution is 9.10. The van der Waals surface area contributed by atoms with E-state index in [2.05, 4.69) is 28.2 Å². The van der Waals surface area contributed by atoms with Crippen LogP contribution >= 0.6 is 39.1 Å². The molecule has 7 heteroatoms.